The van der Waals surface area contributed by atoms with Crippen LogP contribution in [0, 0.1) is 0 Å². The van der Waals surface area contributed by atoms with Crippen LogP contribution in [-0.2, 0) is 10.0 Å². The molecule has 84 valence electrons. The van der Waals surface area contributed by atoms with Crippen molar-refractivity contribution in [1.29, 1.82) is 0 Å². The lowest BCUT2D eigenvalue weighted by molar-refractivity contribution is 0.568. The van der Waals surface area contributed by atoms with Crippen molar-refractivity contribution in [1.82, 2.24) is 9.71 Å². The average Bonchev–Trinajstić information content (AvgIpc) is 2.18. The lowest BCUT2D eigenvalue weighted by Crippen LogP contribution is -2.29. The van der Waals surface area contributed by atoms with E-state index in [0.717, 1.165) is 5.56 Å². The molecule has 0 unspecified atom stereocenters. The molecule has 1 heterocycles. The summed E-state index contributed by atoms with van der Waals surface area (Å²) < 4.78 is 25.3. The van der Waals surface area contributed by atoms with E-state index in [4.69, 9.17) is 11.6 Å². The third-order valence-corrected chi connectivity index (χ3v) is 3.75. The van der Waals surface area contributed by atoms with Gasteiger partial charge < -0.3 is 0 Å². The van der Waals surface area contributed by atoms with E-state index in [1.165, 1.54) is 0 Å². The highest BCUT2D eigenvalue weighted by Gasteiger charge is 2.14. The van der Waals surface area contributed by atoms with E-state index in [2.05, 4.69) is 9.71 Å². The van der Waals surface area contributed by atoms with Crippen molar-refractivity contribution in [2.75, 3.05) is 11.6 Å². The summed E-state index contributed by atoms with van der Waals surface area (Å²) >= 11 is 5.38. The van der Waals surface area contributed by atoms with Gasteiger partial charge in [-0.3, -0.25) is 4.98 Å². The Bertz CT molecular complexity index is 394. The third-order valence-electron chi connectivity index (χ3n) is 1.89. The smallest absolute Gasteiger partial charge is 0.213 e. The van der Waals surface area contributed by atoms with Crippen LogP contribution in [0.2, 0.25) is 0 Å². The van der Waals surface area contributed by atoms with Crippen molar-refractivity contribution >= 4 is 21.6 Å². The first-order valence-electron chi connectivity index (χ1n) is 4.51. The molecule has 1 aromatic heterocycles. The maximum absolute atomic E-state index is 11.4. The molecule has 0 radical (unpaired) electrons. The molecular weight excluding hydrogens is 236 g/mol. The van der Waals surface area contributed by atoms with E-state index >= 15 is 0 Å². The number of rotatable bonds is 5. The van der Waals surface area contributed by atoms with Crippen molar-refractivity contribution in [3.63, 3.8) is 0 Å². The van der Waals surface area contributed by atoms with Crippen LogP contribution in [0.25, 0.3) is 0 Å². The summed E-state index contributed by atoms with van der Waals surface area (Å²) in [5.74, 6) is 0.0221. The van der Waals surface area contributed by atoms with Gasteiger partial charge in [0.1, 0.15) is 0 Å². The zero-order chi connectivity index (χ0) is 11.3. The summed E-state index contributed by atoms with van der Waals surface area (Å²) in [6.07, 6.45) is 3.28. The second kappa shape index (κ2) is 5.44. The Morgan fingerprint density at radius 1 is 1.60 bits per heavy atom. The molecule has 0 amide bonds. The molecule has 0 bridgehead atoms. The number of nitrogens with one attached hydrogen (secondary N) is 1. The van der Waals surface area contributed by atoms with Crippen LogP contribution < -0.4 is 4.72 Å². The number of aromatic nitrogens is 1. The van der Waals surface area contributed by atoms with Crippen molar-refractivity contribution in [2.45, 2.75) is 13.0 Å². The summed E-state index contributed by atoms with van der Waals surface area (Å²) in [7, 11) is -3.29. The van der Waals surface area contributed by atoms with E-state index < -0.39 is 10.0 Å². The van der Waals surface area contributed by atoms with Crippen molar-refractivity contribution in [3.05, 3.63) is 30.1 Å². The highest BCUT2D eigenvalue weighted by atomic mass is 35.5. The van der Waals surface area contributed by atoms with Crippen LogP contribution >= 0.6 is 11.6 Å². The standard InChI is InChI=1S/C9H13ClN2O2S/c1-8(9-3-2-5-11-7-9)12-15(13,14)6-4-10/h2-3,5,7-8,12H,4,6H2,1H3/t8-/m0/s1. The Labute approximate surface area is 94.7 Å². The summed E-state index contributed by atoms with van der Waals surface area (Å²) in [5.41, 5.74) is 0.829. The van der Waals surface area contributed by atoms with Crippen LogP contribution in [0.1, 0.15) is 18.5 Å². The fraction of sp³-hybridized carbons (Fsp3) is 0.444. The molecule has 0 aromatic carbocycles. The van der Waals surface area contributed by atoms with Gasteiger partial charge in [-0.05, 0) is 18.6 Å². The van der Waals surface area contributed by atoms with Gasteiger partial charge in [0.15, 0.2) is 0 Å². The SMILES string of the molecule is C[C@H](NS(=O)(=O)CCCl)c1cccnc1. The van der Waals surface area contributed by atoms with Gasteiger partial charge in [-0.1, -0.05) is 6.07 Å². The quantitative estimate of drug-likeness (QED) is 0.799. The predicted molar refractivity (Wildman–Crippen MR) is 60.3 cm³/mol. The molecule has 0 aliphatic heterocycles. The molecule has 1 rings (SSSR count). The molecular formula is C9H13ClN2O2S. The fourth-order valence-corrected chi connectivity index (χ4v) is 2.74. The predicted octanol–water partition coefficient (Wildman–Crippen LogP) is 1.30. The molecule has 1 aromatic rings. The van der Waals surface area contributed by atoms with Crippen LogP contribution in [0.4, 0.5) is 0 Å². The first-order chi connectivity index (χ1) is 7.05. The van der Waals surface area contributed by atoms with Crippen LogP contribution in [0.15, 0.2) is 24.5 Å². The Kier molecular flexibility index (Phi) is 4.50. The van der Waals surface area contributed by atoms with Gasteiger partial charge in [-0.25, -0.2) is 13.1 Å². The van der Waals surface area contributed by atoms with E-state index in [0.29, 0.717) is 0 Å². The summed E-state index contributed by atoms with van der Waals surface area (Å²) in [5, 5.41) is 0. The molecule has 1 N–H and O–H groups in total. The molecule has 6 heteroatoms. The summed E-state index contributed by atoms with van der Waals surface area (Å²) in [6, 6.07) is 3.30. The van der Waals surface area contributed by atoms with E-state index in [1.807, 2.05) is 6.07 Å². The van der Waals surface area contributed by atoms with Gasteiger partial charge in [0.2, 0.25) is 10.0 Å². The van der Waals surface area contributed by atoms with Gasteiger partial charge >= 0.3 is 0 Å². The van der Waals surface area contributed by atoms with Gasteiger partial charge in [-0.15, -0.1) is 11.6 Å². The van der Waals surface area contributed by atoms with Crippen molar-refractivity contribution in [3.8, 4) is 0 Å². The maximum atomic E-state index is 11.4. The minimum atomic E-state index is -3.29. The number of alkyl halides is 1. The first kappa shape index (κ1) is 12.4. The molecule has 0 spiro atoms. The van der Waals surface area contributed by atoms with Gasteiger partial charge in [0.05, 0.1) is 5.75 Å². The van der Waals surface area contributed by atoms with E-state index in [1.54, 1.807) is 25.4 Å². The highest BCUT2D eigenvalue weighted by Crippen LogP contribution is 2.11. The Balaban J connectivity index is 2.68. The number of hydrogen-bond donors (Lipinski definition) is 1. The van der Waals surface area contributed by atoms with Crippen molar-refractivity contribution < 1.29 is 8.42 Å². The van der Waals surface area contributed by atoms with Gasteiger partial charge in [0.25, 0.3) is 0 Å². The number of nitrogens with zero attached hydrogens (tertiary/aromatic N) is 1. The van der Waals surface area contributed by atoms with E-state index in [-0.39, 0.29) is 17.7 Å². The molecule has 0 aliphatic carbocycles. The lowest BCUT2D eigenvalue weighted by Gasteiger charge is -2.13. The Morgan fingerprint density at radius 3 is 2.87 bits per heavy atom. The van der Waals surface area contributed by atoms with Crippen LogP contribution in [0.5, 0.6) is 0 Å². The maximum Gasteiger partial charge on any atom is 0.213 e. The normalized spacial score (nSPS) is 13.7. The average molecular weight is 249 g/mol. The van der Waals surface area contributed by atoms with Crippen molar-refractivity contribution in [2.24, 2.45) is 0 Å². The molecule has 0 aliphatic rings. The topological polar surface area (TPSA) is 59.1 Å². The number of halogens is 1. The zero-order valence-corrected chi connectivity index (χ0v) is 9.92. The second-order valence-electron chi connectivity index (χ2n) is 3.13. The molecule has 0 saturated carbocycles. The minimum absolute atomic E-state index is 0.0703. The molecule has 0 fully saturated rings. The Hall–Kier alpha value is -0.650. The summed E-state index contributed by atoms with van der Waals surface area (Å²) in [4.78, 5) is 3.92. The first-order valence-corrected chi connectivity index (χ1v) is 6.70. The fourth-order valence-electron chi connectivity index (χ4n) is 1.13. The van der Waals surface area contributed by atoms with Gasteiger partial charge in [0, 0.05) is 24.3 Å². The molecule has 1 atom stereocenters. The number of sulfonamides is 1. The third kappa shape index (κ3) is 4.15. The van der Waals surface area contributed by atoms with E-state index in [9.17, 15) is 8.42 Å². The van der Waals surface area contributed by atoms with Crippen LogP contribution in [0.3, 0.4) is 0 Å². The number of pyridine rings is 1. The Morgan fingerprint density at radius 2 is 2.33 bits per heavy atom. The molecule has 4 nitrogen and oxygen atoms in total. The largest absolute Gasteiger partial charge is 0.264 e. The molecule has 0 saturated heterocycles. The zero-order valence-electron chi connectivity index (χ0n) is 8.35. The monoisotopic (exact) mass is 248 g/mol. The highest BCUT2D eigenvalue weighted by molar-refractivity contribution is 7.89. The lowest BCUT2D eigenvalue weighted by atomic mass is 10.2. The molecule has 15 heavy (non-hydrogen) atoms. The second-order valence-corrected chi connectivity index (χ2v) is 5.39. The minimum Gasteiger partial charge on any atom is -0.264 e. The van der Waals surface area contributed by atoms with Crippen LogP contribution in [-0.4, -0.2) is 25.0 Å². The number of hydrogen-bond acceptors (Lipinski definition) is 3. The van der Waals surface area contributed by atoms with Gasteiger partial charge in [-0.2, -0.15) is 0 Å². The summed E-state index contributed by atoms with van der Waals surface area (Å²) in [6.45, 7) is 1.77.